The third-order valence-corrected chi connectivity index (χ3v) is 2.84. The molecular weight excluding hydrogens is 375 g/mol. The molecule has 0 heterocycles. The summed E-state index contributed by atoms with van der Waals surface area (Å²) in [4.78, 5) is 0. The summed E-state index contributed by atoms with van der Waals surface area (Å²) >= 11 is 0. The van der Waals surface area contributed by atoms with E-state index in [1.54, 1.807) is 54.6 Å². The first kappa shape index (κ1) is 22.0. The molecule has 0 spiro atoms. The van der Waals surface area contributed by atoms with Gasteiger partial charge in [0.05, 0.1) is 11.4 Å². The monoisotopic (exact) mass is 399 g/mol. The molecule has 0 aromatic heterocycles. The summed E-state index contributed by atoms with van der Waals surface area (Å²) < 4.78 is 0. The Labute approximate surface area is 159 Å². The Kier molecular flexibility index (Phi) is 10.2. The van der Waals surface area contributed by atoms with Crippen LogP contribution in [0.1, 0.15) is 0 Å². The largest absolute Gasteiger partial charge is 0.399 e. The Hall–Kier alpha value is -2.98. The number of hydrogen-bond donors (Lipinski definition) is 6. The molecule has 7 heteroatoms. The smallest absolute Gasteiger partial charge is 0.0547 e. The average Bonchev–Trinajstić information content (AvgIpc) is 2.54. The van der Waals surface area contributed by atoms with E-state index in [1.165, 1.54) is 0 Å². The summed E-state index contributed by atoms with van der Waals surface area (Å²) in [5.41, 5.74) is 36.5. The van der Waals surface area contributed by atoms with E-state index in [1.807, 2.05) is 18.2 Å². The summed E-state index contributed by atoms with van der Waals surface area (Å²) in [5, 5.41) is 0. The molecule has 3 aromatic carbocycles. The third kappa shape index (κ3) is 9.68. The molecule has 0 atom stereocenters. The fourth-order valence-electron chi connectivity index (χ4n) is 1.57. The van der Waals surface area contributed by atoms with Crippen molar-refractivity contribution in [3.63, 3.8) is 0 Å². The molecule has 0 saturated carbocycles. The zero-order chi connectivity index (χ0) is 17.9. The van der Waals surface area contributed by atoms with Crippen LogP contribution in [0.5, 0.6) is 0 Å². The summed E-state index contributed by atoms with van der Waals surface area (Å²) in [6.07, 6.45) is 0. The van der Waals surface area contributed by atoms with E-state index in [0.29, 0.717) is 22.7 Å². The van der Waals surface area contributed by atoms with Crippen LogP contribution >= 0.6 is 0 Å². The van der Waals surface area contributed by atoms with E-state index >= 15 is 0 Å². The van der Waals surface area contributed by atoms with Crippen molar-refractivity contribution in [2.75, 3.05) is 34.4 Å². The minimum Gasteiger partial charge on any atom is -0.399 e. The van der Waals surface area contributed by atoms with Crippen LogP contribution in [-0.2, 0) is 0 Å². The van der Waals surface area contributed by atoms with Crippen LogP contribution in [0.4, 0.5) is 34.1 Å². The standard InChI is InChI=1S/3C6H8N2.As/c7-5-1-2-6(8)4-3-5;7-5-2-1-3-6(8)4-5;7-5-3-1-2-4-6(5)8;/h3*1-4H,7-8H2;. The molecule has 0 aliphatic heterocycles. The second kappa shape index (κ2) is 11.5. The van der Waals surface area contributed by atoms with E-state index < -0.39 is 0 Å². The van der Waals surface area contributed by atoms with Crippen molar-refractivity contribution in [2.45, 2.75) is 0 Å². The van der Waals surface area contributed by atoms with E-state index in [-0.39, 0.29) is 18.0 Å². The van der Waals surface area contributed by atoms with Gasteiger partial charge in [0.2, 0.25) is 0 Å². The summed E-state index contributed by atoms with van der Waals surface area (Å²) in [7, 11) is 0. The van der Waals surface area contributed by atoms with Crippen molar-refractivity contribution in [1.82, 2.24) is 0 Å². The first-order valence-electron chi connectivity index (χ1n) is 7.20. The van der Waals surface area contributed by atoms with Gasteiger partial charge in [-0.2, -0.15) is 0 Å². The molecule has 0 aliphatic carbocycles. The number of benzene rings is 3. The second-order valence-corrected chi connectivity index (χ2v) is 4.97. The van der Waals surface area contributed by atoms with Crippen LogP contribution < -0.4 is 34.4 Å². The SMILES string of the molecule is Nc1ccc(N)cc1.Nc1cccc(N)c1.Nc1ccccc1N.[As]. The number of nitrogen functional groups attached to an aromatic ring is 6. The first-order valence-corrected chi connectivity index (χ1v) is 7.20. The number of anilines is 6. The molecule has 6 nitrogen and oxygen atoms in total. The maximum atomic E-state index is 5.39. The van der Waals surface area contributed by atoms with Crippen molar-refractivity contribution in [2.24, 2.45) is 0 Å². The number of rotatable bonds is 0. The molecular formula is C18H24AsN6. The zero-order valence-corrected chi connectivity index (χ0v) is 15.7. The van der Waals surface area contributed by atoms with E-state index in [2.05, 4.69) is 0 Å². The molecule has 0 bridgehead atoms. The summed E-state index contributed by atoms with van der Waals surface area (Å²) in [6.45, 7) is 0. The molecule has 12 N–H and O–H groups in total. The van der Waals surface area contributed by atoms with Gasteiger partial charge in [-0.3, -0.25) is 0 Å². The molecule has 25 heavy (non-hydrogen) atoms. The number of nitrogens with two attached hydrogens (primary N) is 6. The minimum absolute atomic E-state index is 0. The Balaban J connectivity index is 0.000000339. The molecule has 0 amide bonds. The normalized spacial score (nSPS) is 8.64. The van der Waals surface area contributed by atoms with Crippen molar-refractivity contribution >= 4 is 52.1 Å². The Morgan fingerprint density at radius 3 is 1.00 bits per heavy atom. The number of para-hydroxylation sites is 2. The quantitative estimate of drug-likeness (QED) is 0.251. The van der Waals surface area contributed by atoms with Gasteiger partial charge in [0.15, 0.2) is 0 Å². The van der Waals surface area contributed by atoms with Crippen molar-refractivity contribution in [1.29, 1.82) is 0 Å². The molecule has 0 saturated heterocycles. The van der Waals surface area contributed by atoms with Crippen molar-refractivity contribution in [3.8, 4) is 0 Å². The van der Waals surface area contributed by atoms with Gasteiger partial charge in [0.1, 0.15) is 0 Å². The van der Waals surface area contributed by atoms with E-state index in [0.717, 1.165) is 11.4 Å². The summed E-state index contributed by atoms with van der Waals surface area (Å²) in [6, 6.07) is 21.5. The van der Waals surface area contributed by atoms with Crippen LogP contribution in [-0.4, -0.2) is 18.0 Å². The molecule has 0 aliphatic rings. The molecule has 3 aromatic rings. The van der Waals surface area contributed by atoms with Gasteiger partial charge < -0.3 is 34.4 Å². The van der Waals surface area contributed by atoms with Crippen LogP contribution in [0.2, 0.25) is 0 Å². The third-order valence-electron chi connectivity index (χ3n) is 2.84. The minimum atomic E-state index is 0. The van der Waals surface area contributed by atoms with Crippen LogP contribution in [0.15, 0.2) is 72.8 Å². The molecule has 3 radical (unpaired) electrons. The molecule has 0 fully saturated rings. The van der Waals surface area contributed by atoms with Crippen molar-refractivity contribution < 1.29 is 0 Å². The number of hydrogen-bond acceptors (Lipinski definition) is 6. The maximum absolute atomic E-state index is 5.39. The second-order valence-electron chi connectivity index (χ2n) is 4.97. The average molecular weight is 399 g/mol. The van der Waals surface area contributed by atoms with Gasteiger partial charge in [0, 0.05) is 40.7 Å². The van der Waals surface area contributed by atoms with Crippen LogP contribution in [0.3, 0.4) is 0 Å². The van der Waals surface area contributed by atoms with Gasteiger partial charge in [-0.25, -0.2) is 0 Å². The fourth-order valence-corrected chi connectivity index (χ4v) is 1.57. The van der Waals surface area contributed by atoms with E-state index in [9.17, 15) is 0 Å². The Bertz CT molecular complexity index is 687. The zero-order valence-electron chi connectivity index (χ0n) is 13.8. The van der Waals surface area contributed by atoms with Crippen molar-refractivity contribution in [3.05, 3.63) is 72.8 Å². The first-order chi connectivity index (χ1) is 11.4. The molecule has 3 rings (SSSR count). The predicted octanol–water partition coefficient (Wildman–Crippen LogP) is 2.17. The summed E-state index contributed by atoms with van der Waals surface area (Å²) in [5.74, 6) is 0. The van der Waals surface area contributed by atoms with Gasteiger partial charge in [-0.05, 0) is 54.6 Å². The fraction of sp³-hybridized carbons (Fsp3) is 0. The van der Waals surface area contributed by atoms with Crippen LogP contribution in [0, 0.1) is 0 Å². The van der Waals surface area contributed by atoms with E-state index in [4.69, 9.17) is 34.4 Å². The molecule has 0 unspecified atom stereocenters. The Morgan fingerprint density at radius 2 is 0.760 bits per heavy atom. The topological polar surface area (TPSA) is 156 Å². The van der Waals surface area contributed by atoms with Crippen LogP contribution in [0.25, 0.3) is 0 Å². The maximum Gasteiger partial charge on any atom is 0.0547 e. The Morgan fingerprint density at radius 1 is 0.400 bits per heavy atom. The van der Waals surface area contributed by atoms with Gasteiger partial charge in [0.25, 0.3) is 0 Å². The molecule has 131 valence electrons. The van der Waals surface area contributed by atoms with Gasteiger partial charge in [-0.1, -0.05) is 18.2 Å². The van der Waals surface area contributed by atoms with Gasteiger partial charge in [-0.15, -0.1) is 0 Å². The predicted molar refractivity (Wildman–Crippen MR) is 112 cm³/mol. The van der Waals surface area contributed by atoms with Gasteiger partial charge >= 0.3 is 0 Å².